The zero-order valence-corrected chi connectivity index (χ0v) is 22.5. The van der Waals surface area contributed by atoms with Gasteiger partial charge in [0.15, 0.2) is 9.84 Å². The van der Waals surface area contributed by atoms with Crippen molar-refractivity contribution in [2.45, 2.75) is 36.5 Å². The smallest absolute Gasteiger partial charge is 0.382 e. The monoisotopic (exact) mass is 579 g/mol. The third kappa shape index (κ3) is 7.45. The van der Waals surface area contributed by atoms with Crippen molar-refractivity contribution in [2.75, 3.05) is 43.1 Å². The average Bonchev–Trinajstić information content (AvgIpc) is 3.19. The summed E-state index contributed by atoms with van der Waals surface area (Å²) in [6.07, 6.45) is -2.03. The van der Waals surface area contributed by atoms with E-state index in [1.807, 2.05) is 4.90 Å². The van der Waals surface area contributed by atoms with Crippen molar-refractivity contribution < 1.29 is 30.8 Å². The SMILES string of the molecule is CS(=O)(=O)c1ccc(NCC#Cc2cc3c(NC4CCN(CC(N)=O)CC4)cccc3n2CC(F)(F)F)c(F)c1. The van der Waals surface area contributed by atoms with Gasteiger partial charge in [0.1, 0.15) is 12.4 Å². The minimum atomic E-state index is -4.48. The fourth-order valence-corrected chi connectivity index (χ4v) is 5.32. The molecule has 2 heterocycles. The summed E-state index contributed by atoms with van der Waals surface area (Å²) < 4.78 is 79.0. The molecule has 1 aliphatic heterocycles. The summed E-state index contributed by atoms with van der Waals surface area (Å²) in [5.41, 5.74) is 6.49. The number of fused-ring (bicyclic) bond motifs is 1. The van der Waals surface area contributed by atoms with Crippen LogP contribution in [0, 0.1) is 17.7 Å². The van der Waals surface area contributed by atoms with Crippen molar-refractivity contribution in [3.8, 4) is 11.8 Å². The number of carbonyl (C=O) groups is 1. The molecule has 1 saturated heterocycles. The number of piperidine rings is 1. The first-order chi connectivity index (χ1) is 18.8. The number of amides is 1. The van der Waals surface area contributed by atoms with Crippen molar-refractivity contribution in [1.82, 2.24) is 9.47 Å². The standard InChI is InChI=1S/C27H29F4N5O3S/c1-40(38,39)20-7-8-24(22(28)15-20)33-11-3-4-19-14-21-23(5-2-6-25(21)36(19)17-27(29,30)31)34-18-9-12-35(13-10-18)16-26(32)37/h2,5-8,14-15,18,33-34H,9-13,16-17H2,1H3,(H2,32,37). The second kappa shape index (κ2) is 11.8. The normalized spacial score (nSPS) is 15.0. The van der Waals surface area contributed by atoms with Crippen molar-refractivity contribution >= 4 is 38.0 Å². The molecule has 1 aliphatic rings. The second-order valence-electron chi connectivity index (χ2n) is 9.70. The average molecular weight is 580 g/mol. The summed E-state index contributed by atoms with van der Waals surface area (Å²) in [6, 6.07) is 10.2. The molecule has 4 rings (SSSR count). The molecule has 1 aromatic heterocycles. The Labute approximate surface area is 229 Å². The summed E-state index contributed by atoms with van der Waals surface area (Å²) in [6.45, 7) is 0.222. The van der Waals surface area contributed by atoms with Gasteiger partial charge in [0.05, 0.1) is 34.9 Å². The lowest BCUT2D eigenvalue weighted by Gasteiger charge is -2.32. The van der Waals surface area contributed by atoms with E-state index in [1.165, 1.54) is 12.1 Å². The molecular weight excluding hydrogens is 550 g/mol. The topological polar surface area (TPSA) is 109 Å². The van der Waals surface area contributed by atoms with E-state index in [9.17, 15) is 30.8 Å². The molecule has 1 amide bonds. The van der Waals surface area contributed by atoms with Gasteiger partial charge < -0.3 is 20.9 Å². The van der Waals surface area contributed by atoms with Gasteiger partial charge >= 0.3 is 6.18 Å². The third-order valence-corrected chi connectivity index (χ3v) is 7.67. The van der Waals surface area contributed by atoms with Gasteiger partial charge in [-0.3, -0.25) is 9.69 Å². The number of aromatic nitrogens is 1. The molecule has 214 valence electrons. The van der Waals surface area contributed by atoms with Crippen LogP contribution < -0.4 is 16.4 Å². The van der Waals surface area contributed by atoms with E-state index in [2.05, 4.69) is 22.5 Å². The number of sulfone groups is 1. The molecule has 0 bridgehead atoms. The van der Waals surface area contributed by atoms with Crippen LogP contribution in [0.15, 0.2) is 47.4 Å². The van der Waals surface area contributed by atoms with E-state index in [4.69, 9.17) is 5.73 Å². The number of benzene rings is 2. The van der Waals surface area contributed by atoms with Crippen LogP contribution in [-0.2, 0) is 21.2 Å². The number of likely N-dealkylation sites (tertiary alicyclic amines) is 1. The third-order valence-electron chi connectivity index (χ3n) is 6.56. The van der Waals surface area contributed by atoms with E-state index in [1.54, 1.807) is 24.3 Å². The maximum atomic E-state index is 14.3. The minimum Gasteiger partial charge on any atom is -0.382 e. The number of hydrogen-bond acceptors (Lipinski definition) is 6. The number of nitrogens with two attached hydrogens (primary N) is 1. The van der Waals surface area contributed by atoms with Gasteiger partial charge in [-0.05, 0) is 55.2 Å². The molecule has 1 fully saturated rings. The number of nitrogens with zero attached hydrogens (tertiary/aromatic N) is 2. The first-order valence-electron chi connectivity index (χ1n) is 12.5. The quantitative estimate of drug-likeness (QED) is 0.278. The summed E-state index contributed by atoms with van der Waals surface area (Å²) in [5, 5.41) is 6.74. The first kappa shape index (κ1) is 29.2. The molecule has 0 unspecified atom stereocenters. The van der Waals surface area contributed by atoms with Crippen molar-refractivity contribution in [1.29, 1.82) is 0 Å². The van der Waals surface area contributed by atoms with Crippen molar-refractivity contribution in [2.24, 2.45) is 5.73 Å². The van der Waals surface area contributed by atoms with Crippen molar-refractivity contribution in [3.05, 3.63) is 54.0 Å². The molecular formula is C27H29F4N5O3S. The number of nitrogens with one attached hydrogen (secondary N) is 2. The van der Waals surface area contributed by atoms with E-state index < -0.39 is 28.4 Å². The fraction of sp³-hybridized carbons (Fsp3) is 0.370. The number of primary amides is 1. The number of anilines is 2. The highest BCUT2D eigenvalue weighted by atomic mass is 32.2. The number of carbonyl (C=O) groups excluding carboxylic acids is 1. The summed E-state index contributed by atoms with van der Waals surface area (Å²) in [5.74, 6) is 4.32. The lowest BCUT2D eigenvalue weighted by molar-refractivity contribution is -0.140. The zero-order valence-electron chi connectivity index (χ0n) is 21.7. The Morgan fingerprint density at radius 3 is 2.48 bits per heavy atom. The summed E-state index contributed by atoms with van der Waals surface area (Å²) in [7, 11) is -3.57. The highest BCUT2D eigenvalue weighted by Gasteiger charge is 2.30. The van der Waals surface area contributed by atoms with E-state index >= 15 is 0 Å². The maximum Gasteiger partial charge on any atom is 0.406 e. The predicted molar refractivity (Wildman–Crippen MR) is 145 cm³/mol. The van der Waals surface area contributed by atoms with Crippen LogP contribution in [-0.4, -0.2) is 68.4 Å². The Balaban J connectivity index is 1.54. The molecule has 4 N–H and O–H groups in total. The van der Waals surface area contributed by atoms with Crippen LogP contribution in [0.1, 0.15) is 18.5 Å². The molecule has 8 nitrogen and oxygen atoms in total. The lowest BCUT2D eigenvalue weighted by atomic mass is 10.0. The fourth-order valence-electron chi connectivity index (χ4n) is 4.68. The largest absolute Gasteiger partial charge is 0.406 e. The number of halogens is 4. The van der Waals surface area contributed by atoms with E-state index in [0.717, 1.165) is 29.7 Å². The molecule has 0 saturated carbocycles. The Hall–Kier alpha value is -3.76. The van der Waals surface area contributed by atoms with Crippen LogP contribution >= 0.6 is 0 Å². The highest BCUT2D eigenvalue weighted by Crippen LogP contribution is 2.31. The van der Waals surface area contributed by atoms with E-state index in [-0.39, 0.29) is 41.3 Å². The van der Waals surface area contributed by atoms with Gasteiger partial charge in [0.25, 0.3) is 0 Å². The van der Waals surface area contributed by atoms with Crippen LogP contribution in [0.5, 0.6) is 0 Å². The molecule has 0 atom stereocenters. The van der Waals surface area contributed by atoms with Gasteiger partial charge in [-0.2, -0.15) is 13.2 Å². The van der Waals surface area contributed by atoms with Crippen LogP contribution in [0.2, 0.25) is 0 Å². The van der Waals surface area contributed by atoms with Gasteiger partial charge in [0.2, 0.25) is 5.91 Å². The Bertz CT molecular complexity index is 1570. The summed E-state index contributed by atoms with van der Waals surface area (Å²) >= 11 is 0. The molecule has 3 aromatic rings. The number of alkyl halides is 3. The van der Waals surface area contributed by atoms with E-state index in [0.29, 0.717) is 29.7 Å². The zero-order chi connectivity index (χ0) is 29.1. The van der Waals surface area contributed by atoms with Gasteiger partial charge in [-0.25, -0.2) is 12.8 Å². The number of hydrogen-bond donors (Lipinski definition) is 3. The first-order valence-corrected chi connectivity index (χ1v) is 14.4. The molecule has 40 heavy (non-hydrogen) atoms. The predicted octanol–water partition coefficient (Wildman–Crippen LogP) is 3.57. The van der Waals surface area contributed by atoms with Gasteiger partial charge in [-0.1, -0.05) is 12.0 Å². The summed E-state index contributed by atoms with van der Waals surface area (Å²) in [4.78, 5) is 13.0. The van der Waals surface area contributed by atoms with Crippen LogP contribution in [0.4, 0.5) is 28.9 Å². The highest BCUT2D eigenvalue weighted by molar-refractivity contribution is 7.90. The Morgan fingerprint density at radius 1 is 1.12 bits per heavy atom. The Kier molecular flexibility index (Phi) is 8.60. The Morgan fingerprint density at radius 2 is 1.85 bits per heavy atom. The van der Waals surface area contributed by atoms with Gasteiger partial charge in [-0.15, -0.1) is 0 Å². The van der Waals surface area contributed by atoms with Crippen molar-refractivity contribution in [3.63, 3.8) is 0 Å². The van der Waals surface area contributed by atoms with Gasteiger partial charge in [0, 0.05) is 36.5 Å². The number of rotatable bonds is 8. The molecule has 0 radical (unpaired) electrons. The lowest BCUT2D eigenvalue weighted by Crippen LogP contribution is -2.42. The van der Waals surface area contributed by atoms with Crippen LogP contribution in [0.25, 0.3) is 10.9 Å². The van der Waals surface area contributed by atoms with Crippen LogP contribution in [0.3, 0.4) is 0 Å². The second-order valence-corrected chi connectivity index (χ2v) is 11.7. The molecule has 2 aromatic carbocycles. The maximum absolute atomic E-state index is 14.3. The molecule has 0 spiro atoms. The molecule has 13 heteroatoms. The minimum absolute atomic E-state index is 0.0193. The molecule has 0 aliphatic carbocycles.